The maximum Gasteiger partial charge on any atom is 0.254 e. The van der Waals surface area contributed by atoms with Crippen LogP contribution in [0.5, 0.6) is 0 Å². The molecule has 0 aromatic carbocycles. The molecule has 2 aromatic heterocycles. The molecule has 5 heteroatoms. The van der Waals surface area contributed by atoms with Crippen LogP contribution in [0, 0.1) is 19.8 Å². The lowest BCUT2D eigenvalue weighted by molar-refractivity contribution is 0.321. The summed E-state index contributed by atoms with van der Waals surface area (Å²) in [6.07, 6.45) is 5.79. The lowest BCUT2D eigenvalue weighted by Gasteiger charge is -2.30. The van der Waals surface area contributed by atoms with E-state index < -0.39 is 0 Å². The van der Waals surface area contributed by atoms with E-state index in [1.165, 1.54) is 19.3 Å². The number of H-pyrrole nitrogens is 1. The third-order valence-electron chi connectivity index (χ3n) is 4.56. The molecule has 1 saturated carbocycles. The van der Waals surface area contributed by atoms with Gasteiger partial charge in [0.2, 0.25) is 0 Å². The summed E-state index contributed by atoms with van der Waals surface area (Å²) in [5, 5.41) is 0. The number of nitrogens with zero attached hydrogens (tertiary/aromatic N) is 3. The van der Waals surface area contributed by atoms with Crippen LogP contribution in [0.2, 0.25) is 0 Å². The highest BCUT2D eigenvalue weighted by Crippen LogP contribution is 2.28. The maximum atomic E-state index is 11.8. The smallest absolute Gasteiger partial charge is 0.254 e. The van der Waals surface area contributed by atoms with Gasteiger partial charge in [-0.2, -0.15) is 0 Å². The molecule has 0 unspecified atom stereocenters. The summed E-state index contributed by atoms with van der Waals surface area (Å²) in [6.45, 7) is 4.69. The van der Waals surface area contributed by atoms with E-state index in [9.17, 15) is 4.79 Å². The van der Waals surface area contributed by atoms with E-state index in [2.05, 4.69) is 26.9 Å². The molecule has 1 fully saturated rings. The van der Waals surface area contributed by atoms with Gasteiger partial charge in [0.25, 0.3) is 5.56 Å². The maximum absolute atomic E-state index is 11.8. The van der Waals surface area contributed by atoms with Crippen LogP contribution >= 0.6 is 0 Å². The summed E-state index contributed by atoms with van der Waals surface area (Å²) in [5.41, 5.74) is 2.16. The van der Waals surface area contributed by atoms with E-state index >= 15 is 0 Å². The third kappa shape index (κ3) is 2.89. The largest absolute Gasteiger partial charge is 0.359 e. The lowest BCUT2D eigenvalue weighted by atomic mass is 9.85. The van der Waals surface area contributed by atoms with Crippen LogP contribution in [0.25, 0.3) is 11.4 Å². The fraction of sp³-hybridized carbons (Fsp3) is 0.471. The minimum absolute atomic E-state index is 0.0892. The highest BCUT2D eigenvalue weighted by atomic mass is 16.1. The molecule has 116 valence electrons. The number of anilines is 1. The molecule has 0 radical (unpaired) electrons. The topological polar surface area (TPSA) is 61.9 Å². The van der Waals surface area contributed by atoms with Crippen LogP contribution in [-0.4, -0.2) is 28.5 Å². The molecular formula is C17H22N4O. The van der Waals surface area contributed by atoms with Gasteiger partial charge in [0.05, 0.1) is 0 Å². The van der Waals surface area contributed by atoms with Gasteiger partial charge in [-0.05, 0) is 44.7 Å². The first-order chi connectivity index (χ1) is 10.5. The normalized spacial score (nSPS) is 14.7. The minimum atomic E-state index is -0.0892. The van der Waals surface area contributed by atoms with E-state index in [1.54, 1.807) is 13.1 Å². The Balaban J connectivity index is 1.80. The Morgan fingerprint density at radius 3 is 2.64 bits per heavy atom. The number of aromatic amines is 1. The molecule has 22 heavy (non-hydrogen) atoms. The van der Waals surface area contributed by atoms with Crippen LogP contribution < -0.4 is 10.5 Å². The fourth-order valence-corrected chi connectivity index (χ4v) is 2.69. The minimum Gasteiger partial charge on any atom is -0.359 e. The van der Waals surface area contributed by atoms with Gasteiger partial charge < -0.3 is 9.88 Å². The van der Waals surface area contributed by atoms with Crippen LogP contribution in [0.4, 0.5) is 5.82 Å². The molecule has 0 spiro atoms. The number of pyridine rings is 1. The molecule has 1 aliphatic carbocycles. The van der Waals surface area contributed by atoms with Crippen molar-refractivity contribution in [3.05, 3.63) is 39.9 Å². The molecule has 0 saturated heterocycles. The van der Waals surface area contributed by atoms with E-state index in [4.69, 9.17) is 0 Å². The molecule has 0 aliphatic heterocycles. The molecule has 1 N–H and O–H groups in total. The third-order valence-corrected chi connectivity index (χ3v) is 4.56. The van der Waals surface area contributed by atoms with Gasteiger partial charge >= 0.3 is 0 Å². The molecule has 0 bridgehead atoms. The van der Waals surface area contributed by atoms with Crippen molar-refractivity contribution in [2.45, 2.75) is 33.1 Å². The van der Waals surface area contributed by atoms with Crippen molar-refractivity contribution in [3.8, 4) is 11.4 Å². The van der Waals surface area contributed by atoms with Crippen LogP contribution in [-0.2, 0) is 0 Å². The second-order valence-electron chi connectivity index (χ2n) is 6.21. The van der Waals surface area contributed by atoms with E-state index in [0.29, 0.717) is 11.4 Å². The van der Waals surface area contributed by atoms with Crippen molar-refractivity contribution in [2.24, 2.45) is 5.92 Å². The second kappa shape index (κ2) is 5.91. The number of aryl methyl sites for hydroxylation is 1. The summed E-state index contributed by atoms with van der Waals surface area (Å²) >= 11 is 0. The molecule has 5 nitrogen and oxygen atoms in total. The number of hydrogen-bond donors (Lipinski definition) is 1. The van der Waals surface area contributed by atoms with Crippen molar-refractivity contribution >= 4 is 5.82 Å². The SMILES string of the molecule is Cc1nc(-c2ccc(N(C)CC3CCC3)nc2)[nH]c(=O)c1C. The van der Waals surface area contributed by atoms with E-state index in [-0.39, 0.29) is 5.56 Å². The molecule has 2 aromatic rings. The van der Waals surface area contributed by atoms with Gasteiger partial charge in [-0.25, -0.2) is 9.97 Å². The summed E-state index contributed by atoms with van der Waals surface area (Å²) in [7, 11) is 2.08. The lowest BCUT2D eigenvalue weighted by Crippen LogP contribution is -2.29. The van der Waals surface area contributed by atoms with Gasteiger partial charge in [0.1, 0.15) is 11.6 Å². The van der Waals surface area contributed by atoms with E-state index in [0.717, 1.165) is 29.5 Å². The molecular weight excluding hydrogens is 276 g/mol. The zero-order valence-electron chi connectivity index (χ0n) is 13.4. The summed E-state index contributed by atoms with van der Waals surface area (Å²) in [4.78, 5) is 25.8. The van der Waals surface area contributed by atoms with Gasteiger partial charge in [0, 0.05) is 36.6 Å². The Bertz CT molecular complexity index is 716. The standard InChI is InChI=1S/C17H22N4O/c1-11-12(2)19-16(20-17(11)22)14-7-8-15(18-9-14)21(3)10-13-5-4-6-13/h7-9,13H,4-6,10H2,1-3H3,(H,19,20,22). The Morgan fingerprint density at radius 1 is 1.32 bits per heavy atom. The number of aromatic nitrogens is 3. The first-order valence-corrected chi connectivity index (χ1v) is 7.79. The van der Waals surface area contributed by atoms with Crippen molar-refractivity contribution in [3.63, 3.8) is 0 Å². The predicted octanol–water partition coefficient (Wildman–Crippen LogP) is 2.69. The van der Waals surface area contributed by atoms with Crippen LogP contribution in [0.3, 0.4) is 0 Å². The van der Waals surface area contributed by atoms with Crippen molar-refractivity contribution in [1.29, 1.82) is 0 Å². The molecule has 0 atom stereocenters. The van der Waals surface area contributed by atoms with E-state index in [1.807, 2.05) is 19.1 Å². The Hall–Kier alpha value is -2.17. The first kappa shape index (κ1) is 14.8. The molecule has 2 heterocycles. The molecule has 1 aliphatic rings. The summed E-state index contributed by atoms with van der Waals surface area (Å²) in [5.74, 6) is 2.35. The number of hydrogen-bond acceptors (Lipinski definition) is 4. The highest BCUT2D eigenvalue weighted by Gasteiger charge is 2.19. The van der Waals surface area contributed by atoms with Crippen LogP contribution in [0.1, 0.15) is 30.5 Å². The Labute approximate surface area is 130 Å². The molecule has 3 rings (SSSR count). The van der Waals surface area contributed by atoms with Gasteiger partial charge in [-0.1, -0.05) is 6.42 Å². The Kier molecular flexibility index (Phi) is 3.96. The number of rotatable bonds is 4. The zero-order chi connectivity index (χ0) is 15.7. The zero-order valence-corrected chi connectivity index (χ0v) is 13.4. The molecule has 0 amide bonds. The summed E-state index contributed by atoms with van der Waals surface area (Å²) < 4.78 is 0. The monoisotopic (exact) mass is 298 g/mol. The predicted molar refractivity (Wildman–Crippen MR) is 88.2 cm³/mol. The average Bonchev–Trinajstić information content (AvgIpc) is 2.48. The van der Waals surface area contributed by atoms with Crippen molar-refractivity contribution < 1.29 is 0 Å². The number of nitrogens with one attached hydrogen (secondary N) is 1. The second-order valence-corrected chi connectivity index (χ2v) is 6.21. The quantitative estimate of drug-likeness (QED) is 0.942. The van der Waals surface area contributed by atoms with Gasteiger partial charge in [-0.15, -0.1) is 0 Å². The first-order valence-electron chi connectivity index (χ1n) is 7.79. The highest BCUT2D eigenvalue weighted by molar-refractivity contribution is 5.56. The fourth-order valence-electron chi connectivity index (χ4n) is 2.69. The summed E-state index contributed by atoms with van der Waals surface area (Å²) in [6, 6.07) is 3.95. The average molecular weight is 298 g/mol. The Morgan fingerprint density at radius 2 is 2.09 bits per heavy atom. The van der Waals surface area contributed by atoms with Crippen LogP contribution in [0.15, 0.2) is 23.1 Å². The van der Waals surface area contributed by atoms with Crippen molar-refractivity contribution in [2.75, 3.05) is 18.5 Å². The van der Waals surface area contributed by atoms with Crippen molar-refractivity contribution in [1.82, 2.24) is 15.0 Å². The van der Waals surface area contributed by atoms with Gasteiger partial charge in [-0.3, -0.25) is 4.79 Å². The van der Waals surface area contributed by atoms with Gasteiger partial charge in [0.15, 0.2) is 0 Å².